The van der Waals surface area contributed by atoms with Gasteiger partial charge in [0.05, 0.1) is 6.54 Å². The molecule has 1 fully saturated rings. The lowest BCUT2D eigenvalue weighted by Gasteiger charge is -2.19. The summed E-state index contributed by atoms with van der Waals surface area (Å²) in [4.78, 5) is 0.252. The van der Waals surface area contributed by atoms with Crippen molar-refractivity contribution in [1.82, 2.24) is 10.0 Å². The predicted molar refractivity (Wildman–Crippen MR) is 77.9 cm³/mol. The van der Waals surface area contributed by atoms with E-state index in [9.17, 15) is 8.42 Å². The van der Waals surface area contributed by atoms with Crippen molar-refractivity contribution < 1.29 is 12.8 Å². The Hall–Kier alpha value is -0.850. The molecule has 1 aliphatic rings. The average molecular weight is 300 g/mol. The summed E-state index contributed by atoms with van der Waals surface area (Å²) >= 11 is 0. The van der Waals surface area contributed by atoms with E-state index in [1.807, 2.05) is 0 Å². The molecule has 0 saturated heterocycles. The van der Waals surface area contributed by atoms with Crippen LogP contribution in [0.4, 0.5) is 0 Å². The smallest absolute Gasteiger partial charge is 0.244 e. The highest BCUT2D eigenvalue weighted by Gasteiger charge is 2.45. The maximum atomic E-state index is 12.4. The van der Waals surface area contributed by atoms with Crippen LogP contribution in [0.25, 0.3) is 0 Å². The van der Waals surface area contributed by atoms with Crippen LogP contribution in [0, 0.1) is 18.3 Å². The zero-order chi connectivity index (χ0) is 15.0. The topological polar surface area (TPSA) is 71.3 Å². The van der Waals surface area contributed by atoms with E-state index in [2.05, 4.69) is 23.9 Å². The summed E-state index contributed by atoms with van der Waals surface area (Å²) in [6, 6.07) is 1.60. The lowest BCUT2D eigenvalue weighted by Crippen LogP contribution is -2.32. The normalized spacial score (nSPS) is 17.6. The van der Waals surface area contributed by atoms with Gasteiger partial charge in [-0.1, -0.05) is 13.8 Å². The second-order valence-electron chi connectivity index (χ2n) is 6.01. The van der Waals surface area contributed by atoms with Gasteiger partial charge in [-0.05, 0) is 38.1 Å². The SMILES string of the molecule is CNCc1cc(S(=O)(=O)NCC2(C(C)C)CC2)c(C)o1. The van der Waals surface area contributed by atoms with E-state index < -0.39 is 10.0 Å². The van der Waals surface area contributed by atoms with Crippen LogP contribution < -0.4 is 10.0 Å². The molecule has 0 spiro atoms. The third-order valence-corrected chi connectivity index (χ3v) is 5.80. The van der Waals surface area contributed by atoms with Gasteiger partial charge in [-0.15, -0.1) is 0 Å². The minimum atomic E-state index is -3.49. The number of aryl methyl sites for hydroxylation is 1. The molecule has 0 bridgehead atoms. The fourth-order valence-electron chi connectivity index (χ4n) is 2.49. The monoisotopic (exact) mass is 300 g/mol. The number of nitrogens with one attached hydrogen (secondary N) is 2. The Bertz CT molecular complexity index is 571. The van der Waals surface area contributed by atoms with Crippen molar-refractivity contribution in [3.05, 3.63) is 17.6 Å². The van der Waals surface area contributed by atoms with E-state index in [-0.39, 0.29) is 10.3 Å². The molecule has 0 aromatic carbocycles. The largest absolute Gasteiger partial charge is 0.464 e. The summed E-state index contributed by atoms with van der Waals surface area (Å²) in [5.41, 5.74) is 0.151. The van der Waals surface area contributed by atoms with Gasteiger partial charge < -0.3 is 9.73 Å². The molecule has 2 N–H and O–H groups in total. The number of hydrogen-bond acceptors (Lipinski definition) is 4. The molecule has 1 heterocycles. The first-order valence-corrected chi connectivity index (χ1v) is 8.53. The first kappa shape index (κ1) is 15.5. The maximum Gasteiger partial charge on any atom is 0.244 e. The molecule has 1 aliphatic carbocycles. The van der Waals surface area contributed by atoms with E-state index in [0.29, 0.717) is 30.5 Å². The van der Waals surface area contributed by atoms with Gasteiger partial charge in [-0.3, -0.25) is 0 Å². The lowest BCUT2D eigenvalue weighted by molar-refractivity contribution is 0.357. The molecular formula is C14H24N2O3S. The minimum absolute atomic E-state index is 0.151. The Labute approximate surface area is 121 Å². The summed E-state index contributed by atoms with van der Waals surface area (Å²) < 4.78 is 33.0. The van der Waals surface area contributed by atoms with Gasteiger partial charge in [0.1, 0.15) is 16.4 Å². The van der Waals surface area contributed by atoms with Crippen molar-refractivity contribution in [1.29, 1.82) is 0 Å². The second-order valence-corrected chi connectivity index (χ2v) is 7.74. The van der Waals surface area contributed by atoms with Gasteiger partial charge in [0.15, 0.2) is 0 Å². The molecule has 0 unspecified atom stereocenters. The van der Waals surface area contributed by atoms with Crippen LogP contribution in [0.5, 0.6) is 0 Å². The highest BCUT2D eigenvalue weighted by molar-refractivity contribution is 7.89. The van der Waals surface area contributed by atoms with Crippen molar-refractivity contribution in [3.8, 4) is 0 Å². The Morgan fingerprint density at radius 2 is 2.05 bits per heavy atom. The first-order valence-electron chi connectivity index (χ1n) is 7.04. The number of furan rings is 1. The number of rotatable bonds is 7. The van der Waals surface area contributed by atoms with E-state index >= 15 is 0 Å². The average Bonchev–Trinajstić information content (AvgIpc) is 3.07. The number of sulfonamides is 1. The molecule has 6 heteroatoms. The third kappa shape index (κ3) is 3.07. The molecule has 5 nitrogen and oxygen atoms in total. The predicted octanol–water partition coefficient (Wildman–Crippen LogP) is 2.02. The molecule has 20 heavy (non-hydrogen) atoms. The molecule has 0 amide bonds. The third-order valence-electron chi connectivity index (χ3n) is 4.30. The van der Waals surface area contributed by atoms with Crippen molar-refractivity contribution in [2.45, 2.75) is 45.1 Å². The van der Waals surface area contributed by atoms with E-state index in [1.54, 1.807) is 20.0 Å². The van der Waals surface area contributed by atoms with Crippen LogP contribution in [-0.2, 0) is 16.6 Å². The summed E-state index contributed by atoms with van der Waals surface area (Å²) in [6.45, 7) is 7.01. The molecule has 114 valence electrons. The van der Waals surface area contributed by atoms with Crippen molar-refractivity contribution >= 4 is 10.0 Å². The van der Waals surface area contributed by atoms with Crippen LogP contribution in [0.2, 0.25) is 0 Å². The van der Waals surface area contributed by atoms with Gasteiger partial charge in [0.25, 0.3) is 0 Å². The highest BCUT2D eigenvalue weighted by atomic mass is 32.2. The van der Waals surface area contributed by atoms with Crippen LogP contribution in [0.15, 0.2) is 15.4 Å². The lowest BCUT2D eigenvalue weighted by atomic mass is 9.93. The summed E-state index contributed by atoms with van der Waals surface area (Å²) in [6.07, 6.45) is 2.20. The fourth-order valence-corrected chi connectivity index (χ4v) is 3.83. The fraction of sp³-hybridized carbons (Fsp3) is 0.714. The second kappa shape index (κ2) is 5.50. The summed E-state index contributed by atoms with van der Waals surface area (Å²) in [7, 11) is -1.69. The highest BCUT2D eigenvalue weighted by Crippen LogP contribution is 2.51. The van der Waals surface area contributed by atoms with Gasteiger partial charge >= 0.3 is 0 Å². The van der Waals surface area contributed by atoms with Crippen LogP contribution >= 0.6 is 0 Å². The van der Waals surface area contributed by atoms with Crippen LogP contribution in [0.1, 0.15) is 38.2 Å². The molecule has 2 rings (SSSR count). The van der Waals surface area contributed by atoms with E-state index in [0.717, 1.165) is 12.8 Å². The standard InChI is InChI=1S/C14H24N2O3S/c1-10(2)14(5-6-14)9-16-20(17,18)13-7-12(8-15-4)19-11(13)3/h7,10,15-16H,5-6,8-9H2,1-4H3. The molecule has 1 saturated carbocycles. The van der Waals surface area contributed by atoms with Crippen LogP contribution in [0.3, 0.4) is 0 Å². The minimum Gasteiger partial charge on any atom is -0.464 e. The molecule has 1 aromatic heterocycles. The van der Waals surface area contributed by atoms with Gasteiger partial charge in [0, 0.05) is 12.6 Å². The van der Waals surface area contributed by atoms with Gasteiger partial charge in [-0.25, -0.2) is 13.1 Å². The van der Waals surface area contributed by atoms with E-state index in [4.69, 9.17) is 4.42 Å². The van der Waals surface area contributed by atoms with E-state index in [1.165, 1.54) is 0 Å². The summed E-state index contributed by atoms with van der Waals surface area (Å²) in [5.74, 6) is 1.57. The van der Waals surface area contributed by atoms with Crippen LogP contribution in [-0.4, -0.2) is 22.0 Å². The Kier molecular flexibility index (Phi) is 4.27. The quantitative estimate of drug-likeness (QED) is 0.808. The molecular weight excluding hydrogens is 276 g/mol. The molecule has 0 radical (unpaired) electrons. The summed E-state index contributed by atoms with van der Waals surface area (Å²) in [5, 5.41) is 2.95. The molecule has 1 aromatic rings. The molecule has 0 aliphatic heterocycles. The zero-order valence-electron chi connectivity index (χ0n) is 12.6. The molecule has 0 atom stereocenters. The van der Waals surface area contributed by atoms with Crippen molar-refractivity contribution in [2.24, 2.45) is 11.3 Å². The zero-order valence-corrected chi connectivity index (χ0v) is 13.4. The Balaban J connectivity index is 2.10. The first-order chi connectivity index (χ1) is 9.31. The maximum absolute atomic E-state index is 12.4. The van der Waals surface area contributed by atoms with Crippen molar-refractivity contribution in [3.63, 3.8) is 0 Å². The van der Waals surface area contributed by atoms with Crippen molar-refractivity contribution in [2.75, 3.05) is 13.6 Å². The number of hydrogen-bond donors (Lipinski definition) is 2. The van der Waals surface area contributed by atoms with Gasteiger partial charge in [0.2, 0.25) is 10.0 Å². The van der Waals surface area contributed by atoms with Gasteiger partial charge in [-0.2, -0.15) is 0 Å². The Morgan fingerprint density at radius 3 is 2.55 bits per heavy atom. The Morgan fingerprint density at radius 1 is 1.40 bits per heavy atom.